The Kier molecular flexibility index (Phi) is 3.71. The second-order valence-electron chi connectivity index (χ2n) is 5.64. The van der Waals surface area contributed by atoms with Crippen LogP contribution < -0.4 is 10.4 Å². The number of anilines is 1. The van der Waals surface area contributed by atoms with Crippen LogP contribution in [-0.4, -0.2) is 17.6 Å². The monoisotopic (exact) mass is 349 g/mol. The first-order valence-electron chi connectivity index (χ1n) is 7.15. The van der Waals surface area contributed by atoms with Crippen LogP contribution in [0.2, 0.25) is 0 Å². The Hall–Kier alpha value is -2.61. The van der Waals surface area contributed by atoms with E-state index in [0.29, 0.717) is 16.6 Å². The van der Waals surface area contributed by atoms with Gasteiger partial charge in [-0.15, -0.1) is 0 Å². The van der Waals surface area contributed by atoms with Crippen LogP contribution in [-0.2, 0) is 24.1 Å². The van der Waals surface area contributed by atoms with E-state index in [2.05, 4.69) is 4.72 Å². The van der Waals surface area contributed by atoms with Crippen molar-refractivity contribution in [3.05, 3.63) is 58.3 Å². The molecule has 0 radical (unpaired) electrons. The van der Waals surface area contributed by atoms with E-state index < -0.39 is 20.7 Å². The lowest BCUT2D eigenvalue weighted by Crippen LogP contribution is -2.19. The smallest absolute Gasteiger partial charge is 0.295 e. The molecular weight excluding hydrogens is 333 g/mol. The van der Waals surface area contributed by atoms with Gasteiger partial charge in [0.25, 0.3) is 10.0 Å². The van der Waals surface area contributed by atoms with Crippen molar-refractivity contribution in [1.82, 2.24) is 9.13 Å². The minimum atomic E-state index is -4.07. The number of imidazole rings is 1. The van der Waals surface area contributed by atoms with Gasteiger partial charge < -0.3 is 0 Å². The molecule has 0 saturated heterocycles. The molecule has 8 heteroatoms. The molecule has 24 heavy (non-hydrogen) atoms. The van der Waals surface area contributed by atoms with Crippen LogP contribution in [0.25, 0.3) is 11.0 Å². The summed E-state index contributed by atoms with van der Waals surface area (Å²) in [6.45, 7) is 1.68. The van der Waals surface area contributed by atoms with Gasteiger partial charge in [0.1, 0.15) is 10.7 Å². The van der Waals surface area contributed by atoms with E-state index in [0.717, 1.165) is 6.07 Å². The predicted octanol–water partition coefficient (Wildman–Crippen LogP) is 2.13. The Balaban J connectivity index is 2.07. The molecule has 3 rings (SSSR count). The summed E-state index contributed by atoms with van der Waals surface area (Å²) in [6.07, 6.45) is 0. The molecule has 0 aliphatic heterocycles. The number of aryl methyl sites for hydroxylation is 3. The Bertz CT molecular complexity index is 1110. The van der Waals surface area contributed by atoms with Crippen LogP contribution in [0.4, 0.5) is 10.1 Å². The number of halogens is 1. The standard InChI is InChI=1S/C16H16FN3O3S/c1-10-4-6-12(17)15(8-10)24(22,23)18-11-5-7-13-14(9-11)20(3)16(21)19(13)2/h4-9,18H,1-3H3. The van der Waals surface area contributed by atoms with Crippen molar-refractivity contribution < 1.29 is 12.8 Å². The minimum Gasteiger partial charge on any atom is -0.295 e. The summed E-state index contributed by atoms with van der Waals surface area (Å²) in [6, 6.07) is 8.61. The maximum Gasteiger partial charge on any atom is 0.328 e. The van der Waals surface area contributed by atoms with Gasteiger partial charge in [0.15, 0.2) is 0 Å². The van der Waals surface area contributed by atoms with Gasteiger partial charge in [0.05, 0.1) is 16.7 Å². The highest BCUT2D eigenvalue weighted by atomic mass is 32.2. The van der Waals surface area contributed by atoms with E-state index in [-0.39, 0.29) is 11.4 Å². The van der Waals surface area contributed by atoms with Gasteiger partial charge in [-0.3, -0.25) is 13.9 Å². The number of sulfonamides is 1. The molecule has 1 heterocycles. The highest BCUT2D eigenvalue weighted by molar-refractivity contribution is 7.92. The van der Waals surface area contributed by atoms with Crippen LogP contribution in [0.5, 0.6) is 0 Å². The zero-order chi connectivity index (χ0) is 17.6. The number of benzene rings is 2. The van der Waals surface area contributed by atoms with Gasteiger partial charge in [-0.05, 0) is 42.8 Å². The fraction of sp³-hybridized carbons (Fsp3) is 0.188. The van der Waals surface area contributed by atoms with Crippen LogP contribution in [0.3, 0.4) is 0 Å². The first-order valence-corrected chi connectivity index (χ1v) is 8.63. The molecule has 0 fully saturated rings. The molecule has 2 aromatic carbocycles. The zero-order valence-corrected chi connectivity index (χ0v) is 14.2. The molecule has 6 nitrogen and oxygen atoms in total. The van der Waals surface area contributed by atoms with Gasteiger partial charge >= 0.3 is 5.69 Å². The first-order chi connectivity index (χ1) is 11.2. The number of nitrogens with one attached hydrogen (secondary N) is 1. The third-order valence-electron chi connectivity index (χ3n) is 3.90. The summed E-state index contributed by atoms with van der Waals surface area (Å²) in [5, 5.41) is 0. The molecule has 1 aromatic heterocycles. The molecular formula is C16H16FN3O3S. The summed E-state index contributed by atoms with van der Waals surface area (Å²) in [5.74, 6) is -0.818. The molecule has 0 bridgehead atoms. The maximum absolute atomic E-state index is 13.9. The Morgan fingerprint density at radius 1 is 1.00 bits per heavy atom. The van der Waals surface area contributed by atoms with E-state index in [4.69, 9.17) is 0 Å². The van der Waals surface area contributed by atoms with Gasteiger partial charge in [-0.2, -0.15) is 0 Å². The van der Waals surface area contributed by atoms with Crippen LogP contribution in [0, 0.1) is 12.7 Å². The molecule has 0 atom stereocenters. The highest BCUT2D eigenvalue weighted by Gasteiger charge is 2.20. The number of nitrogens with zero attached hydrogens (tertiary/aromatic N) is 2. The van der Waals surface area contributed by atoms with Gasteiger partial charge in [0.2, 0.25) is 0 Å². The largest absolute Gasteiger partial charge is 0.328 e. The third kappa shape index (κ3) is 2.58. The lowest BCUT2D eigenvalue weighted by atomic mass is 10.2. The normalized spacial score (nSPS) is 11.8. The highest BCUT2D eigenvalue weighted by Crippen LogP contribution is 2.23. The summed E-state index contributed by atoms with van der Waals surface area (Å²) in [5.41, 5.74) is 1.93. The molecule has 0 unspecified atom stereocenters. The van der Waals surface area contributed by atoms with Crippen LogP contribution in [0.1, 0.15) is 5.56 Å². The van der Waals surface area contributed by atoms with Crippen molar-refractivity contribution in [1.29, 1.82) is 0 Å². The van der Waals surface area contributed by atoms with E-state index in [1.807, 2.05) is 0 Å². The van der Waals surface area contributed by atoms with Gasteiger partial charge in [-0.1, -0.05) is 6.07 Å². The van der Waals surface area contributed by atoms with E-state index in [9.17, 15) is 17.6 Å². The molecule has 0 saturated carbocycles. The topological polar surface area (TPSA) is 73.1 Å². The Morgan fingerprint density at radius 3 is 2.38 bits per heavy atom. The average Bonchev–Trinajstić information content (AvgIpc) is 2.74. The van der Waals surface area contributed by atoms with Crippen LogP contribution in [0.15, 0.2) is 46.1 Å². The number of hydrogen-bond donors (Lipinski definition) is 1. The number of aromatic nitrogens is 2. The quantitative estimate of drug-likeness (QED) is 0.787. The van der Waals surface area contributed by atoms with Crippen molar-refractivity contribution in [3.63, 3.8) is 0 Å². The SMILES string of the molecule is Cc1ccc(F)c(S(=O)(=O)Nc2ccc3c(c2)n(C)c(=O)n3C)c1. The first kappa shape index (κ1) is 16.3. The third-order valence-corrected chi connectivity index (χ3v) is 5.30. The summed E-state index contributed by atoms with van der Waals surface area (Å²) >= 11 is 0. The van der Waals surface area contributed by atoms with Crippen molar-refractivity contribution in [2.24, 2.45) is 14.1 Å². The van der Waals surface area contributed by atoms with Crippen molar-refractivity contribution >= 4 is 26.7 Å². The Morgan fingerprint density at radius 2 is 1.67 bits per heavy atom. The molecule has 3 aromatic rings. The van der Waals surface area contributed by atoms with Gasteiger partial charge in [-0.25, -0.2) is 17.6 Å². The van der Waals surface area contributed by atoms with Crippen LogP contribution >= 0.6 is 0 Å². The number of fused-ring (bicyclic) bond motifs is 1. The number of rotatable bonds is 3. The van der Waals surface area contributed by atoms with Crippen molar-refractivity contribution in [2.45, 2.75) is 11.8 Å². The lowest BCUT2D eigenvalue weighted by molar-refractivity contribution is 0.570. The summed E-state index contributed by atoms with van der Waals surface area (Å²) in [4.78, 5) is 11.5. The van der Waals surface area contributed by atoms with E-state index in [1.54, 1.807) is 33.2 Å². The second-order valence-corrected chi connectivity index (χ2v) is 7.29. The number of hydrogen-bond acceptors (Lipinski definition) is 3. The molecule has 126 valence electrons. The predicted molar refractivity (Wildman–Crippen MR) is 90.1 cm³/mol. The Labute approximate surface area is 138 Å². The zero-order valence-electron chi connectivity index (χ0n) is 13.4. The molecule has 0 amide bonds. The average molecular weight is 349 g/mol. The van der Waals surface area contributed by atoms with E-state index >= 15 is 0 Å². The van der Waals surface area contributed by atoms with Gasteiger partial charge in [0, 0.05) is 14.1 Å². The second kappa shape index (κ2) is 5.48. The molecule has 1 N–H and O–H groups in total. The molecule has 0 spiro atoms. The van der Waals surface area contributed by atoms with Crippen molar-refractivity contribution in [2.75, 3.05) is 4.72 Å². The lowest BCUT2D eigenvalue weighted by Gasteiger charge is -2.10. The summed E-state index contributed by atoms with van der Waals surface area (Å²) in [7, 11) is -0.835. The molecule has 0 aliphatic carbocycles. The fourth-order valence-electron chi connectivity index (χ4n) is 2.60. The van der Waals surface area contributed by atoms with E-state index in [1.165, 1.54) is 27.3 Å². The maximum atomic E-state index is 13.9. The van der Waals surface area contributed by atoms with Crippen molar-refractivity contribution in [3.8, 4) is 0 Å². The minimum absolute atomic E-state index is 0.213. The summed E-state index contributed by atoms with van der Waals surface area (Å²) < 4.78 is 44.0. The fourth-order valence-corrected chi connectivity index (χ4v) is 3.81. The molecule has 0 aliphatic rings.